The highest BCUT2D eigenvalue weighted by atomic mass is 35.5. The van der Waals surface area contributed by atoms with E-state index in [1.165, 1.54) is 7.11 Å². The van der Waals surface area contributed by atoms with Crippen LogP contribution in [0.25, 0.3) is 22.2 Å². The van der Waals surface area contributed by atoms with Crippen LogP contribution in [0.4, 0.5) is 23.0 Å². The van der Waals surface area contributed by atoms with E-state index in [2.05, 4.69) is 14.9 Å². The van der Waals surface area contributed by atoms with Gasteiger partial charge in [0.15, 0.2) is 0 Å². The smallest absolute Gasteiger partial charge is 0.264 e. The minimum atomic E-state index is -4.03. The van der Waals surface area contributed by atoms with E-state index >= 15 is 0 Å². The Morgan fingerprint density at radius 2 is 2.16 bits per heavy atom. The van der Waals surface area contributed by atoms with Crippen LogP contribution >= 0.6 is 11.6 Å². The van der Waals surface area contributed by atoms with E-state index < -0.39 is 10.1 Å². The number of nitrogens with one attached hydrogen (secondary N) is 1. The summed E-state index contributed by atoms with van der Waals surface area (Å²) < 4.78 is 44.6. The molecule has 4 N–H and O–H groups in total. The van der Waals surface area contributed by atoms with Crippen LogP contribution in [0.5, 0.6) is 11.5 Å². The molecule has 1 aliphatic rings. The molecule has 0 amide bonds. The highest BCUT2D eigenvalue weighted by molar-refractivity contribution is 7.85. The second kappa shape index (κ2) is 10.2. The number of nitrogens with two attached hydrogens (primary N) is 1. The average Bonchev–Trinajstić information content (AvgIpc) is 3.25. The fraction of sp³-hybridized carbons (Fsp3) is 0.280. The molecule has 0 fully saturated rings. The summed E-state index contributed by atoms with van der Waals surface area (Å²) in [5.74, 6) is 1.28. The molecular weight excluding hydrogens is 532 g/mol. The molecule has 13 heteroatoms. The monoisotopic (exact) mass is 558 g/mol. The zero-order valence-electron chi connectivity index (χ0n) is 20.8. The molecule has 38 heavy (non-hydrogen) atoms. The van der Waals surface area contributed by atoms with Gasteiger partial charge in [-0.3, -0.25) is 4.55 Å². The van der Waals surface area contributed by atoms with Crippen LogP contribution in [0.1, 0.15) is 6.42 Å². The van der Waals surface area contributed by atoms with Crippen molar-refractivity contribution < 1.29 is 22.4 Å². The van der Waals surface area contributed by atoms with Gasteiger partial charge in [0.2, 0.25) is 5.95 Å². The molecule has 0 bridgehead atoms. The molecule has 11 nitrogen and oxygen atoms in total. The average molecular weight is 559 g/mol. The van der Waals surface area contributed by atoms with Gasteiger partial charge in [-0.2, -0.15) is 8.42 Å². The number of hydrogen-bond acceptors (Lipinski definition) is 9. The molecule has 0 unspecified atom stereocenters. The molecule has 5 rings (SSSR count). The number of halogens is 1. The summed E-state index contributed by atoms with van der Waals surface area (Å²) in [6.07, 6.45) is 3.81. The Balaban J connectivity index is 1.44. The molecule has 2 aromatic heterocycles. The number of nitrogen functional groups attached to an aromatic ring is 1. The number of hydrogen-bond donors (Lipinski definition) is 3. The SMILES string of the molecule is COc1cc(N(C)CCCS(=O)(=O)O)c(N)cc1Nc1ncc(Cl)c(-c2cn3c4c(cccc24)OCC3)n1. The molecular formula is C25H27ClN6O5S. The number of methoxy groups -OCH3 is 1. The van der Waals surface area contributed by atoms with Gasteiger partial charge in [-0.25, -0.2) is 9.97 Å². The lowest BCUT2D eigenvalue weighted by molar-refractivity contribution is 0.287. The minimum Gasteiger partial charge on any atom is -0.494 e. The van der Waals surface area contributed by atoms with Gasteiger partial charge in [0.05, 0.1) is 58.9 Å². The van der Waals surface area contributed by atoms with Crippen LogP contribution < -0.4 is 25.4 Å². The quantitative estimate of drug-likeness (QED) is 0.202. The lowest BCUT2D eigenvalue weighted by Crippen LogP contribution is -2.22. The van der Waals surface area contributed by atoms with Gasteiger partial charge in [-0.15, -0.1) is 0 Å². The first-order chi connectivity index (χ1) is 18.1. The third-order valence-corrected chi connectivity index (χ3v) is 7.43. The molecule has 1 aliphatic heterocycles. The Labute approximate surface area is 224 Å². The van der Waals surface area contributed by atoms with Crippen molar-refractivity contribution in [2.75, 3.05) is 49.0 Å². The van der Waals surface area contributed by atoms with E-state index in [0.29, 0.717) is 52.6 Å². The molecule has 2 aromatic carbocycles. The normalized spacial score (nSPS) is 12.8. The van der Waals surface area contributed by atoms with E-state index in [4.69, 9.17) is 36.3 Å². The first kappa shape index (κ1) is 25.9. The maximum atomic E-state index is 11.0. The van der Waals surface area contributed by atoms with E-state index in [9.17, 15) is 8.42 Å². The summed E-state index contributed by atoms with van der Waals surface area (Å²) in [5, 5.41) is 4.57. The molecule has 0 radical (unpaired) electrons. The maximum absolute atomic E-state index is 11.0. The van der Waals surface area contributed by atoms with Gasteiger partial charge in [0, 0.05) is 36.8 Å². The van der Waals surface area contributed by atoms with Gasteiger partial charge >= 0.3 is 0 Å². The zero-order valence-corrected chi connectivity index (χ0v) is 22.4. The van der Waals surface area contributed by atoms with Crippen LogP contribution in [0, 0.1) is 0 Å². The van der Waals surface area contributed by atoms with Gasteiger partial charge in [0.1, 0.15) is 18.1 Å². The second-order valence-corrected chi connectivity index (χ2v) is 10.9. The molecule has 200 valence electrons. The largest absolute Gasteiger partial charge is 0.494 e. The predicted octanol–water partition coefficient (Wildman–Crippen LogP) is 4.19. The Kier molecular flexibility index (Phi) is 6.95. The Bertz CT molecular complexity index is 1620. The first-order valence-electron chi connectivity index (χ1n) is 11.8. The fourth-order valence-electron chi connectivity index (χ4n) is 4.59. The van der Waals surface area contributed by atoms with Gasteiger partial charge in [-0.1, -0.05) is 23.7 Å². The Morgan fingerprint density at radius 1 is 1.34 bits per heavy atom. The van der Waals surface area contributed by atoms with Crippen molar-refractivity contribution in [3.63, 3.8) is 0 Å². The van der Waals surface area contributed by atoms with Crippen LogP contribution in [-0.4, -0.2) is 60.6 Å². The van der Waals surface area contributed by atoms with Crippen molar-refractivity contribution >= 4 is 55.6 Å². The van der Waals surface area contributed by atoms with Crippen molar-refractivity contribution in [3.8, 4) is 22.8 Å². The van der Waals surface area contributed by atoms with Crippen LogP contribution in [0.3, 0.4) is 0 Å². The molecule has 0 spiro atoms. The lowest BCUT2D eigenvalue weighted by atomic mass is 10.1. The zero-order chi connectivity index (χ0) is 27.0. The fourth-order valence-corrected chi connectivity index (χ4v) is 5.27. The number of aromatic nitrogens is 3. The van der Waals surface area contributed by atoms with E-state index in [-0.39, 0.29) is 12.2 Å². The molecule has 0 saturated heterocycles. The topological polar surface area (TPSA) is 145 Å². The Hall–Kier alpha value is -3.74. The van der Waals surface area contributed by atoms with E-state index in [1.54, 1.807) is 30.3 Å². The molecule has 0 aliphatic carbocycles. The van der Waals surface area contributed by atoms with Crippen molar-refractivity contribution in [3.05, 3.63) is 47.7 Å². The van der Waals surface area contributed by atoms with Crippen LogP contribution in [0.2, 0.25) is 5.02 Å². The summed E-state index contributed by atoms with van der Waals surface area (Å²) in [5.41, 5.74) is 10.4. The predicted molar refractivity (Wildman–Crippen MR) is 148 cm³/mol. The summed E-state index contributed by atoms with van der Waals surface area (Å²) in [6, 6.07) is 9.35. The number of ether oxygens (including phenoxy) is 2. The number of anilines is 4. The third-order valence-electron chi connectivity index (χ3n) is 6.35. The first-order valence-corrected chi connectivity index (χ1v) is 13.8. The maximum Gasteiger partial charge on any atom is 0.264 e. The molecule has 4 aromatic rings. The Morgan fingerprint density at radius 3 is 2.92 bits per heavy atom. The standard InChI is InChI=1S/C25H27ClN6O5S/c1-31(7-4-10-38(33,34)35)20-12-22(36-2)19(11-18(20)27)29-25-28-13-17(26)23(30-25)16-14-32-8-9-37-21-6-3-5-15(16)24(21)32/h3,5-6,11-14H,4,7-10,27H2,1-2H3,(H,28,29,30)(H,33,34,35). The van der Waals surface area contributed by atoms with Crippen LogP contribution in [0.15, 0.2) is 42.7 Å². The van der Waals surface area contributed by atoms with E-state index in [0.717, 1.165) is 28.8 Å². The van der Waals surface area contributed by atoms with Crippen molar-refractivity contribution in [1.82, 2.24) is 14.5 Å². The molecule has 3 heterocycles. The summed E-state index contributed by atoms with van der Waals surface area (Å²) in [6.45, 7) is 1.69. The number of benzene rings is 2. The number of rotatable bonds is 9. The van der Waals surface area contributed by atoms with Crippen LogP contribution in [-0.2, 0) is 16.7 Å². The van der Waals surface area contributed by atoms with E-state index in [1.807, 2.05) is 24.4 Å². The highest BCUT2D eigenvalue weighted by Gasteiger charge is 2.21. The third kappa shape index (κ3) is 5.15. The molecule has 0 atom stereocenters. The molecule has 0 saturated carbocycles. The van der Waals surface area contributed by atoms with Crippen molar-refractivity contribution in [2.45, 2.75) is 13.0 Å². The summed E-state index contributed by atoms with van der Waals surface area (Å²) in [7, 11) is -0.719. The number of nitrogens with zero attached hydrogens (tertiary/aromatic N) is 4. The highest BCUT2D eigenvalue weighted by Crippen LogP contribution is 2.40. The van der Waals surface area contributed by atoms with Gasteiger partial charge in [-0.05, 0) is 18.6 Å². The van der Waals surface area contributed by atoms with Gasteiger partial charge < -0.3 is 30.0 Å². The second-order valence-electron chi connectivity index (χ2n) is 8.92. The number of para-hydroxylation sites is 1. The van der Waals surface area contributed by atoms with Gasteiger partial charge in [0.25, 0.3) is 10.1 Å². The summed E-state index contributed by atoms with van der Waals surface area (Å²) >= 11 is 6.55. The minimum absolute atomic E-state index is 0.239. The van der Waals surface area contributed by atoms with Crippen molar-refractivity contribution in [1.29, 1.82) is 0 Å². The summed E-state index contributed by atoms with van der Waals surface area (Å²) in [4.78, 5) is 10.9. The lowest BCUT2D eigenvalue weighted by Gasteiger charge is -2.23. The van der Waals surface area contributed by atoms with Crippen molar-refractivity contribution in [2.24, 2.45) is 0 Å².